The van der Waals surface area contributed by atoms with Crippen molar-refractivity contribution in [2.75, 3.05) is 12.4 Å². The summed E-state index contributed by atoms with van der Waals surface area (Å²) in [5.74, 6) is 1.08. The fourth-order valence-corrected chi connectivity index (χ4v) is 2.76. The number of nitrogens with one attached hydrogen (secondary N) is 1. The lowest BCUT2D eigenvalue weighted by Crippen LogP contribution is -2.40. The number of anilines is 1. The van der Waals surface area contributed by atoms with Crippen molar-refractivity contribution in [1.29, 1.82) is 0 Å². The van der Waals surface area contributed by atoms with Crippen LogP contribution in [0.25, 0.3) is 0 Å². The van der Waals surface area contributed by atoms with E-state index in [1.165, 1.54) is 0 Å². The van der Waals surface area contributed by atoms with Gasteiger partial charge >= 0.3 is 0 Å². The molecule has 25 heavy (non-hydrogen) atoms. The van der Waals surface area contributed by atoms with E-state index in [0.717, 1.165) is 5.56 Å². The maximum absolute atomic E-state index is 12.8. The number of rotatable bonds is 5. The van der Waals surface area contributed by atoms with Crippen LogP contribution in [0.1, 0.15) is 38.8 Å². The number of ether oxygens (including phenoxy) is 1. The van der Waals surface area contributed by atoms with E-state index in [4.69, 9.17) is 9.57 Å². The maximum atomic E-state index is 12.8. The minimum absolute atomic E-state index is 0.142. The molecule has 2 heterocycles. The van der Waals surface area contributed by atoms with Gasteiger partial charge in [0.25, 0.3) is 5.91 Å². The summed E-state index contributed by atoms with van der Waals surface area (Å²) in [7, 11) is 1.61. The summed E-state index contributed by atoms with van der Waals surface area (Å²) in [6.07, 6.45) is 2.01. The molecule has 0 fully saturated rings. The summed E-state index contributed by atoms with van der Waals surface area (Å²) < 4.78 is 7.11. The van der Waals surface area contributed by atoms with Gasteiger partial charge in [0.05, 0.1) is 19.0 Å². The number of carbonyl (C=O) groups is 1. The summed E-state index contributed by atoms with van der Waals surface area (Å²) in [4.78, 5) is 18.3. The molecule has 7 nitrogen and oxygen atoms in total. The number of hydrogen-bond acceptors (Lipinski definition) is 5. The van der Waals surface area contributed by atoms with Crippen LogP contribution in [0.15, 0.2) is 41.7 Å². The first kappa shape index (κ1) is 17.0. The number of methoxy groups -OCH3 is 1. The first-order valence-electron chi connectivity index (χ1n) is 8.18. The molecule has 1 N–H and O–H groups in total. The van der Waals surface area contributed by atoms with Crippen molar-refractivity contribution >= 4 is 17.4 Å². The average molecular weight is 342 g/mol. The zero-order valence-corrected chi connectivity index (χ0v) is 14.8. The zero-order valence-electron chi connectivity index (χ0n) is 14.8. The molecular formula is C18H22N4O3. The predicted octanol–water partition coefficient (Wildman–Crippen LogP) is 2.99. The van der Waals surface area contributed by atoms with Crippen LogP contribution in [0.5, 0.6) is 5.75 Å². The molecule has 0 saturated heterocycles. The normalized spacial score (nSPS) is 19.5. The van der Waals surface area contributed by atoms with Gasteiger partial charge in [-0.2, -0.15) is 5.10 Å². The highest BCUT2D eigenvalue weighted by atomic mass is 16.7. The van der Waals surface area contributed by atoms with Crippen LogP contribution < -0.4 is 10.1 Å². The number of oxime groups is 1. The molecule has 2 aromatic rings. The molecule has 7 heteroatoms. The average Bonchev–Trinajstić information content (AvgIpc) is 3.22. The standard InChI is InChI=1S/C18H22N4O3/c1-12(2)22-16(9-10-19-22)20-17(23)18(3)11-14(21-25-18)13-7-5-6-8-15(13)24-4/h5-10,12H,11H2,1-4H3,(H,20,23). The molecule has 1 aromatic carbocycles. The van der Waals surface area contributed by atoms with Crippen LogP contribution in [-0.4, -0.2) is 34.1 Å². The highest BCUT2D eigenvalue weighted by molar-refractivity contribution is 6.09. The molecule has 1 aliphatic heterocycles. The van der Waals surface area contributed by atoms with Crippen LogP contribution in [0, 0.1) is 0 Å². The Kier molecular flexibility index (Phi) is 4.48. The Hall–Kier alpha value is -2.83. The first-order chi connectivity index (χ1) is 11.9. The van der Waals surface area contributed by atoms with Crippen LogP contribution in [0.2, 0.25) is 0 Å². The maximum Gasteiger partial charge on any atom is 0.272 e. The summed E-state index contributed by atoms with van der Waals surface area (Å²) in [5, 5.41) is 11.2. The van der Waals surface area contributed by atoms with Crippen molar-refractivity contribution in [3.63, 3.8) is 0 Å². The van der Waals surface area contributed by atoms with Gasteiger partial charge in [0.1, 0.15) is 11.6 Å². The fraction of sp³-hybridized carbons (Fsp3) is 0.389. The van der Waals surface area contributed by atoms with E-state index in [2.05, 4.69) is 15.6 Å². The Morgan fingerprint density at radius 2 is 2.12 bits per heavy atom. The molecule has 0 aliphatic carbocycles. The molecule has 132 valence electrons. The Labute approximate surface area is 146 Å². The smallest absolute Gasteiger partial charge is 0.272 e. The van der Waals surface area contributed by atoms with Gasteiger partial charge in [0.2, 0.25) is 5.60 Å². The molecular weight excluding hydrogens is 320 g/mol. The van der Waals surface area contributed by atoms with Gasteiger partial charge in [0.15, 0.2) is 0 Å². The molecule has 0 radical (unpaired) electrons. The predicted molar refractivity (Wildman–Crippen MR) is 94.9 cm³/mol. The van der Waals surface area contributed by atoms with E-state index in [-0.39, 0.29) is 11.9 Å². The Morgan fingerprint density at radius 3 is 2.84 bits per heavy atom. The summed E-state index contributed by atoms with van der Waals surface area (Å²) >= 11 is 0. The minimum Gasteiger partial charge on any atom is -0.496 e. The Balaban J connectivity index is 1.76. The van der Waals surface area contributed by atoms with Crippen LogP contribution >= 0.6 is 0 Å². The van der Waals surface area contributed by atoms with Crippen LogP contribution in [0.3, 0.4) is 0 Å². The van der Waals surface area contributed by atoms with Crippen molar-refractivity contribution in [3.8, 4) is 5.75 Å². The highest BCUT2D eigenvalue weighted by Crippen LogP contribution is 2.31. The molecule has 0 saturated carbocycles. The number of aromatic nitrogens is 2. The molecule has 1 atom stereocenters. The van der Waals surface area contributed by atoms with E-state index in [9.17, 15) is 4.79 Å². The Morgan fingerprint density at radius 1 is 1.36 bits per heavy atom. The monoisotopic (exact) mass is 342 g/mol. The lowest BCUT2D eigenvalue weighted by Gasteiger charge is -2.21. The van der Waals surface area contributed by atoms with Gasteiger partial charge < -0.3 is 14.9 Å². The third-order valence-corrected chi connectivity index (χ3v) is 4.16. The molecule has 1 unspecified atom stereocenters. The second-order valence-electron chi connectivity index (χ2n) is 6.45. The van der Waals surface area contributed by atoms with E-state index in [0.29, 0.717) is 23.7 Å². The molecule has 1 aliphatic rings. The number of carbonyl (C=O) groups excluding carboxylic acids is 1. The SMILES string of the molecule is COc1ccccc1C1=NOC(C)(C(=O)Nc2ccnn2C(C)C)C1. The Bertz CT molecular complexity index is 812. The van der Waals surface area contributed by atoms with Crippen molar-refractivity contribution in [1.82, 2.24) is 9.78 Å². The quantitative estimate of drug-likeness (QED) is 0.906. The van der Waals surface area contributed by atoms with Crippen molar-refractivity contribution in [3.05, 3.63) is 42.1 Å². The summed E-state index contributed by atoms with van der Waals surface area (Å²) in [6, 6.07) is 9.45. The fourth-order valence-electron chi connectivity index (χ4n) is 2.76. The van der Waals surface area contributed by atoms with Gasteiger partial charge in [0, 0.05) is 24.1 Å². The van der Waals surface area contributed by atoms with Crippen molar-refractivity contribution < 1.29 is 14.4 Å². The number of amides is 1. The largest absolute Gasteiger partial charge is 0.496 e. The van der Waals surface area contributed by atoms with E-state index >= 15 is 0 Å². The first-order valence-corrected chi connectivity index (χ1v) is 8.18. The van der Waals surface area contributed by atoms with Gasteiger partial charge in [-0.25, -0.2) is 4.68 Å². The second kappa shape index (κ2) is 6.58. The van der Waals surface area contributed by atoms with Gasteiger partial charge in [-0.15, -0.1) is 0 Å². The second-order valence-corrected chi connectivity index (χ2v) is 6.45. The van der Waals surface area contributed by atoms with Gasteiger partial charge in [-0.1, -0.05) is 17.3 Å². The van der Waals surface area contributed by atoms with Crippen LogP contribution in [-0.2, 0) is 9.63 Å². The van der Waals surface area contributed by atoms with Gasteiger partial charge in [-0.3, -0.25) is 4.79 Å². The molecule has 0 spiro atoms. The lowest BCUT2D eigenvalue weighted by atomic mass is 9.94. The third-order valence-electron chi connectivity index (χ3n) is 4.16. The number of hydrogen-bond donors (Lipinski definition) is 1. The third kappa shape index (κ3) is 3.22. The number of nitrogens with zero attached hydrogens (tertiary/aromatic N) is 3. The van der Waals surface area contributed by atoms with E-state index in [1.807, 2.05) is 38.1 Å². The van der Waals surface area contributed by atoms with E-state index in [1.54, 1.807) is 31.0 Å². The van der Waals surface area contributed by atoms with Crippen molar-refractivity contribution in [2.24, 2.45) is 5.16 Å². The molecule has 1 amide bonds. The minimum atomic E-state index is -1.08. The van der Waals surface area contributed by atoms with Crippen molar-refractivity contribution in [2.45, 2.75) is 38.8 Å². The summed E-state index contributed by atoms with van der Waals surface area (Å²) in [6.45, 7) is 5.73. The zero-order chi connectivity index (χ0) is 18.0. The molecule has 1 aromatic heterocycles. The molecule has 3 rings (SSSR count). The van der Waals surface area contributed by atoms with Gasteiger partial charge in [-0.05, 0) is 32.9 Å². The topological polar surface area (TPSA) is 77.7 Å². The molecule has 0 bridgehead atoms. The number of para-hydroxylation sites is 1. The summed E-state index contributed by atoms with van der Waals surface area (Å²) in [5.41, 5.74) is 0.434. The van der Waals surface area contributed by atoms with Crippen LogP contribution in [0.4, 0.5) is 5.82 Å². The number of benzene rings is 1. The van der Waals surface area contributed by atoms with E-state index < -0.39 is 5.60 Å². The highest BCUT2D eigenvalue weighted by Gasteiger charge is 2.43. The lowest BCUT2D eigenvalue weighted by molar-refractivity contribution is -0.136.